The first-order chi connectivity index (χ1) is 8.72. The maximum Gasteiger partial charge on any atom is 0.412 e. The van der Waals surface area contributed by atoms with Crippen LogP contribution in [0.25, 0.3) is 0 Å². The summed E-state index contributed by atoms with van der Waals surface area (Å²) in [7, 11) is 1.62. The second-order valence-corrected chi connectivity index (χ2v) is 5.76. The molecule has 5 heteroatoms. The Balaban J connectivity index is 1.88. The van der Waals surface area contributed by atoms with Crippen LogP contribution in [0.15, 0.2) is 30.3 Å². The quantitative estimate of drug-likeness (QED) is 0.614. The molecule has 0 aromatic heterocycles. The Morgan fingerprint density at radius 2 is 2.17 bits per heavy atom. The fraction of sp³-hybridized carbons (Fsp3) is 0.462. The predicted molar refractivity (Wildman–Crippen MR) is 76.6 cm³/mol. The first kappa shape index (κ1) is 13.6. The molecule has 0 radical (unpaired) electrons. The molecule has 1 aromatic rings. The molecular weight excluding hydrogens is 345 g/mol. The topological polar surface area (TPSA) is 38.8 Å². The second kappa shape index (κ2) is 6.38. The SMILES string of the molecule is CO[C@H]1[C@H](I)CCN1C(=O)OCc1ccccc1. The number of alkyl halides is 1. The standard InChI is InChI=1S/C13H16INO3/c1-17-12-11(14)7-8-15(12)13(16)18-9-10-5-3-2-4-6-10/h2-6,11-12H,7-9H2,1H3/t11-,12+/m1/s1. The number of nitrogens with zero attached hydrogens (tertiary/aromatic N) is 1. The third kappa shape index (κ3) is 3.14. The van der Waals surface area contributed by atoms with Crippen molar-refractivity contribution in [3.63, 3.8) is 0 Å². The van der Waals surface area contributed by atoms with Crippen LogP contribution in [0.4, 0.5) is 4.79 Å². The first-order valence-electron chi connectivity index (χ1n) is 5.86. The largest absolute Gasteiger partial charge is 0.444 e. The predicted octanol–water partition coefficient (Wildman–Crippen LogP) is 2.81. The molecule has 2 rings (SSSR count). The maximum absolute atomic E-state index is 12.0. The van der Waals surface area contributed by atoms with Gasteiger partial charge in [-0.05, 0) is 12.0 Å². The summed E-state index contributed by atoms with van der Waals surface area (Å²) in [6.07, 6.45) is 0.471. The third-order valence-electron chi connectivity index (χ3n) is 2.94. The molecule has 1 saturated heterocycles. The van der Waals surface area contributed by atoms with Gasteiger partial charge in [-0.3, -0.25) is 4.90 Å². The van der Waals surface area contributed by atoms with Crippen LogP contribution in [0.1, 0.15) is 12.0 Å². The van der Waals surface area contributed by atoms with Crippen molar-refractivity contribution in [2.75, 3.05) is 13.7 Å². The van der Waals surface area contributed by atoms with Gasteiger partial charge >= 0.3 is 6.09 Å². The first-order valence-corrected chi connectivity index (χ1v) is 7.11. The van der Waals surface area contributed by atoms with E-state index in [0.29, 0.717) is 17.1 Å². The van der Waals surface area contributed by atoms with Gasteiger partial charge in [-0.1, -0.05) is 52.9 Å². The Bertz CT molecular complexity index is 398. The molecule has 2 atom stereocenters. The number of ether oxygens (including phenoxy) is 2. The summed E-state index contributed by atoms with van der Waals surface area (Å²) in [6.45, 7) is 0.998. The van der Waals surface area contributed by atoms with Crippen molar-refractivity contribution < 1.29 is 14.3 Å². The van der Waals surface area contributed by atoms with Gasteiger partial charge < -0.3 is 9.47 Å². The van der Waals surface area contributed by atoms with Crippen LogP contribution in [-0.2, 0) is 16.1 Å². The molecule has 0 unspecified atom stereocenters. The molecule has 1 aromatic carbocycles. The molecule has 1 aliphatic rings. The van der Waals surface area contributed by atoms with Crippen molar-refractivity contribution in [3.8, 4) is 0 Å². The molecule has 1 heterocycles. The average molecular weight is 361 g/mol. The van der Waals surface area contributed by atoms with Gasteiger partial charge in [0.2, 0.25) is 0 Å². The molecule has 1 amide bonds. The van der Waals surface area contributed by atoms with Crippen molar-refractivity contribution in [1.29, 1.82) is 0 Å². The highest BCUT2D eigenvalue weighted by Gasteiger charge is 2.36. The van der Waals surface area contributed by atoms with Crippen LogP contribution < -0.4 is 0 Å². The number of rotatable bonds is 3. The van der Waals surface area contributed by atoms with Crippen LogP contribution in [0.5, 0.6) is 0 Å². The van der Waals surface area contributed by atoms with Crippen LogP contribution >= 0.6 is 22.6 Å². The van der Waals surface area contributed by atoms with Gasteiger partial charge in [0, 0.05) is 13.7 Å². The van der Waals surface area contributed by atoms with Crippen LogP contribution in [0.2, 0.25) is 0 Å². The van der Waals surface area contributed by atoms with E-state index in [1.54, 1.807) is 12.0 Å². The Labute approximate surface area is 120 Å². The number of hydrogen-bond acceptors (Lipinski definition) is 3. The summed E-state index contributed by atoms with van der Waals surface area (Å²) in [5, 5.41) is 0. The molecule has 98 valence electrons. The lowest BCUT2D eigenvalue weighted by molar-refractivity contribution is -0.00334. The Kier molecular flexibility index (Phi) is 4.82. The monoisotopic (exact) mass is 361 g/mol. The van der Waals surface area contributed by atoms with Crippen molar-refractivity contribution in [1.82, 2.24) is 4.90 Å². The van der Waals surface area contributed by atoms with Crippen molar-refractivity contribution in [2.45, 2.75) is 23.2 Å². The van der Waals surface area contributed by atoms with Gasteiger partial charge in [-0.15, -0.1) is 0 Å². The summed E-state index contributed by atoms with van der Waals surface area (Å²) < 4.78 is 11.0. The molecule has 0 aliphatic carbocycles. The summed E-state index contributed by atoms with van der Waals surface area (Å²) in [5.41, 5.74) is 0.991. The summed E-state index contributed by atoms with van der Waals surface area (Å²) >= 11 is 2.31. The summed E-state index contributed by atoms with van der Waals surface area (Å²) in [4.78, 5) is 13.6. The Morgan fingerprint density at radius 3 is 2.83 bits per heavy atom. The van der Waals surface area contributed by atoms with Gasteiger partial charge in [0.25, 0.3) is 0 Å². The molecule has 1 fully saturated rings. The molecule has 0 spiro atoms. The molecule has 18 heavy (non-hydrogen) atoms. The molecular formula is C13H16INO3. The van der Waals surface area contributed by atoms with Crippen LogP contribution in [-0.4, -0.2) is 34.8 Å². The van der Waals surface area contributed by atoms with E-state index in [0.717, 1.165) is 12.0 Å². The number of carbonyl (C=O) groups excluding carboxylic acids is 1. The van der Waals surface area contributed by atoms with Gasteiger partial charge in [-0.25, -0.2) is 4.79 Å². The lowest BCUT2D eigenvalue weighted by Crippen LogP contribution is -2.39. The number of carbonyl (C=O) groups is 1. The zero-order valence-electron chi connectivity index (χ0n) is 10.2. The van der Waals surface area contributed by atoms with Crippen LogP contribution in [0, 0.1) is 0 Å². The fourth-order valence-corrected chi connectivity index (χ4v) is 2.96. The third-order valence-corrected chi connectivity index (χ3v) is 4.18. The van der Waals surface area contributed by atoms with E-state index >= 15 is 0 Å². The number of benzene rings is 1. The minimum Gasteiger partial charge on any atom is -0.444 e. The number of amides is 1. The van der Waals surface area contributed by atoms with E-state index in [9.17, 15) is 4.79 Å². The van der Waals surface area contributed by atoms with E-state index in [1.165, 1.54) is 0 Å². The minimum atomic E-state index is -0.301. The van der Waals surface area contributed by atoms with E-state index in [2.05, 4.69) is 22.6 Å². The van der Waals surface area contributed by atoms with Gasteiger partial charge in [0.15, 0.2) is 0 Å². The lowest BCUT2D eigenvalue weighted by Gasteiger charge is -2.24. The number of likely N-dealkylation sites (tertiary alicyclic amines) is 1. The Morgan fingerprint density at radius 1 is 1.44 bits per heavy atom. The number of halogens is 1. The Hall–Kier alpha value is -0.820. The molecule has 4 nitrogen and oxygen atoms in total. The zero-order valence-corrected chi connectivity index (χ0v) is 12.4. The summed E-state index contributed by atoms with van der Waals surface area (Å²) in [5.74, 6) is 0. The minimum absolute atomic E-state index is 0.172. The highest BCUT2D eigenvalue weighted by molar-refractivity contribution is 14.1. The van der Waals surface area contributed by atoms with Crippen molar-refractivity contribution in [3.05, 3.63) is 35.9 Å². The molecule has 0 saturated carbocycles. The zero-order chi connectivity index (χ0) is 13.0. The molecule has 1 aliphatic heterocycles. The highest BCUT2D eigenvalue weighted by atomic mass is 127. The van der Waals surface area contributed by atoms with Crippen molar-refractivity contribution >= 4 is 28.7 Å². The van der Waals surface area contributed by atoms with Gasteiger partial charge in [0.05, 0.1) is 3.92 Å². The average Bonchev–Trinajstić information content (AvgIpc) is 2.78. The molecule has 0 bridgehead atoms. The fourth-order valence-electron chi connectivity index (χ4n) is 2.00. The van der Waals surface area contributed by atoms with E-state index in [1.807, 2.05) is 30.3 Å². The van der Waals surface area contributed by atoms with Crippen molar-refractivity contribution in [2.24, 2.45) is 0 Å². The van der Waals surface area contributed by atoms with E-state index in [4.69, 9.17) is 9.47 Å². The van der Waals surface area contributed by atoms with E-state index < -0.39 is 0 Å². The lowest BCUT2D eigenvalue weighted by atomic mass is 10.2. The van der Waals surface area contributed by atoms with Gasteiger partial charge in [-0.2, -0.15) is 0 Å². The van der Waals surface area contributed by atoms with Crippen LogP contribution in [0.3, 0.4) is 0 Å². The highest BCUT2D eigenvalue weighted by Crippen LogP contribution is 2.26. The summed E-state index contributed by atoms with van der Waals surface area (Å²) in [6, 6.07) is 9.67. The normalized spacial score (nSPS) is 23.1. The maximum atomic E-state index is 12.0. The van der Waals surface area contributed by atoms with Gasteiger partial charge in [0.1, 0.15) is 12.8 Å². The number of hydrogen-bond donors (Lipinski definition) is 0. The number of methoxy groups -OCH3 is 1. The second-order valence-electron chi connectivity index (χ2n) is 4.16. The molecule has 0 N–H and O–H groups in total. The smallest absolute Gasteiger partial charge is 0.412 e. The van der Waals surface area contributed by atoms with E-state index in [-0.39, 0.29) is 12.3 Å².